The second-order valence-electron chi connectivity index (χ2n) is 18.1. The minimum Gasteiger partial charge on any atom is -0.460 e. The molecule has 3 heterocycles. The second kappa shape index (κ2) is 17.4. The Balaban J connectivity index is 1.56. The lowest BCUT2D eigenvalue weighted by Gasteiger charge is -2.33. The van der Waals surface area contributed by atoms with Crippen molar-refractivity contribution in [2.24, 2.45) is 5.92 Å². The molecule has 1 aliphatic rings. The summed E-state index contributed by atoms with van der Waals surface area (Å²) in [6, 6.07) is 16.6. The largest absolute Gasteiger partial charge is 0.460 e. The zero-order valence-corrected chi connectivity index (χ0v) is 36.0. The highest BCUT2D eigenvalue weighted by molar-refractivity contribution is 6.76. The van der Waals surface area contributed by atoms with Crippen molar-refractivity contribution in [1.29, 1.82) is 0 Å². The lowest BCUT2D eigenvalue weighted by molar-refractivity contribution is -0.161. The van der Waals surface area contributed by atoms with Gasteiger partial charge in [-0.2, -0.15) is 9.61 Å². The van der Waals surface area contributed by atoms with E-state index >= 15 is 0 Å². The van der Waals surface area contributed by atoms with E-state index in [9.17, 15) is 4.79 Å². The van der Waals surface area contributed by atoms with Crippen molar-refractivity contribution < 1.29 is 19.0 Å². The number of esters is 1. The number of benzene rings is 1. The van der Waals surface area contributed by atoms with Gasteiger partial charge < -0.3 is 19.1 Å². The molecule has 0 unspecified atom stereocenters. The Labute approximate surface area is 319 Å². The summed E-state index contributed by atoms with van der Waals surface area (Å²) in [6.45, 7) is 24.5. The van der Waals surface area contributed by atoms with Crippen LogP contribution >= 0.6 is 0 Å². The van der Waals surface area contributed by atoms with Crippen LogP contribution < -0.4 is 4.90 Å². The van der Waals surface area contributed by atoms with E-state index in [4.69, 9.17) is 29.3 Å². The van der Waals surface area contributed by atoms with E-state index in [-0.39, 0.29) is 17.8 Å². The average Bonchev–Trinajstić information content (AvgIpc) is 3.53. The van der Waals surface area contributed by atoms with E-state index in [1.807, 2.05) is 55.9 Å². The number of carbonyl (C=O) groups is 1. The van der Waals surface area contributed by atoms with Gasteiger partial charge in [0.25, 0.3) is 0 Å². The summed E-state index contributed by atoms with van der Waals surface area (Å²) < 4.78 is 20.7. The fourth-order valence-electron chi connectivity index (χ4n) is 6.82. The lowest BCUT2D eigenvalue weighted by atomic mass is 9.79. The normalized spacial score (nSPS) is 16.9. The van der Waals surface area contributed by atoms with Gasteiger partial charge in [0.1, 0.15) is 24.9 Å². The number of anilines is 1. The van der Waals surface area contributed by atoms with Gasteiger partial charge >= 0.3 is 5.97 Å². The van der Waals surface area contributed by atoms with E-state index in [2.05, 4.69) is 75.4 Å². The highest BCUT2D eigenvalue weighted by Gasteiger charge is 2.34. The molecule has 0 amide bonds. The minimum atomic E-state index is -1.28. The molecule has 1 aliphatic carbocycles. The summed E-state index contributed by atoms with van der Waals surface area (Å²) in [5.41, 5.74) is 6.45. The highest BCUT2D eigenvalue weighted by atomic mass is 28.3. The van der Waals surface area contributed by atoms with Gasteiger partial charge in [-0.3, -0.25) is 9.78 Å². The van der Waals surface area contributed by atoms with Gasteiger partial charge in [0.05, 0.1) is 23.5 Å². The number of nitrogens with zero attached hydrogens (tertiary/aromatic N) is 5. The molecule has 0 saturated heterocycles. The monoisotopic (exact) mass is 757 g/mol. The Bertz CT molecular complexity index is 1760. The van der Waals surface area contributed by atoms with E-state index in [1.165, 1.54) is 0 Å². The van der Waals surface area contributed by atoms with Gasteiger partial charge in [0.2, 0.25) is 0 Å². The molecule has 1 aromatic carbocycles. The Morgan fingerprint density at radius 1 is 0.849 bits per heavy atom. The lowest BCUT2D eigenvalue weighted by Crippen LogP contribution is -2.35. The van der Waals surface area contributed by atoms with Crippen LogP contribution in [0.25, 0.3) is 28.0 Å². The molecule has 0 aliphatic heterocycles. The van der Waals surface area contributed by atoms with Crippen molar-refractivity contribution in [3.05, 3.63) is 66.1 Å². The molecule has 0 bridgehead atoms. The number of rotatable bonds is 16. The zero-order valence-electron chi connectivity index (χ0n) is 34.0. The van der Waals surface area contributed by atoms with Gasteiger partial charge in [-0.05, 0) is 71.0 Å². The molecule has 0 N–H and O–H groups in total. The van der Waals surface area contributed by atoms with E-state index in [0.717, 1.165) is 89.3 Å². The summed E-state index contributed by atoms with van der Waals surface area (Å²) in [4.78, 5) is 25.6. The van der Waals surface area contributed by atoms with Crippen LogP contribution in [0.5, 0.6) is 0 Å². The topological polar surface area (TPSA) is 91.1 Å². The van der Waals surface area contributed by atoms with Gasteiger partial charge in [0.15, 0.2) is 5.65 Å². The van der Waals surface area contributed by atoms with Crippen LogP contribution in [0.15, 0.2) is 54.9 Å². The Kier molecular flexibility index (Phi) is 13.4. The third-order valence-electron chi connectivity index (χ3n) is 9.89. The molecule has 288 valence electrons. The third kappa shape index (κ3) is 11.3. The van der Waals surface area contributed by atoms with Crippen LogP contribution in [0.3, 0.4) is 0 Å². The Morgan fingerprint density at radius 3 is 2.00 bits per heavy atom. The molecule has 5 rings (SSSR count). The molecule has 4 aromatic rings. The molecule has 1 fully saturated rings. The van der Waals surface area contributed by atoms with Crippen LogP contribution in [0.4, 0.5) is 5.82 Å². The fourth-order valence-corrected chi connectivity index (χ4v) is 8.33. The predicted octanol–water partition coefficient (Wildman–Crippen LogP) is 10.1. The summed E-state index contributed by atoms with van der Waals surface area (Å²) in [5.74, 6) is 1.01. The van der Waals surface area contributed by atoms with Crippen molar-refractivity contribution >= 4 is 33.6 Å². The van der Waals surface area contributed by atoms with Crippen molar-refractivity contribution in [1.82, 2.24) is 19.6 Å². The summed E-state index contributed by atoms with van der Waals surface area (Å²) in [5, 5.41) is 5.02. The van der Waals surface area contributed by atoms with Crippen LogP contribution in [0.1, 0.15) is 70.6 Å². The first-order valence-corrected chi connectivity index (χ1v) is 27.0. The minimum absolute atomic E-state index is 0.0857. The quantitative estimate of drug-likeness (QED) is 0.0483. The Hall–Kier alpha value is -3.39. The van der Waals surface area contributed by atoms with Gasteiger partial charge in [-0.1, -0.05) is 82.6 Å². The predicted molar refractivity (Wildman–Crippen MR) is 222 cm³/mol. The number of pyridine rings is 1. The molecule has 0 radical (unpaired) electrons. The molecule has 1 saturated carbocycles. The number of ether oxygens (including phenoxy) is 3. The third-order valence-corrected chi connectivity index (χ3v) is 13.3. The van der Waals surface area contributed by atoms with Crippen LogP contribution in [-0.2, 0) is 25.4 Å². The molecule has 53 heavy (non-hydrogen) atoms. The van der Waals surface area contributed by atoms with Crippen molar-refractivity contribution in [2.45, 2.75) is 123 Å². The average molecular weight is 758 g/mol. The van der Waals surface area contributed by atoms with Crippen molar-refractivity contribution in [3.63, 3.8) is 0 Å². The van der Waals surface area contributed by atoms with Crippen molar-refractivity contribution in [2.75, 3.05) is 31.6 Å². The number of fused-ring (bicyclic) bond motifs is 1. The number of aromatic nitrogens is 4. The van der Waals surface area contributed by atoms with Crippen molar-refractivity contribution in [3.8, 4) is 22.4 Å². The maximum atomic E-state index is 13.1. The first-order valence-electron chi connectivity index (χ1n) is 19.6. The van der Waals surface area contributed by atoms with Gasteiger partial charge in [-0.15, -0.1) is 0 Å². The molecule has 0 spiro atoms. The first-order chi connectivity index (χ1) is 25.0. The number of hydrogen-bond acceptors (Lipinski definition) is 8. The fraction of sp³-hybridized carbons (Fsp3) is 0.571. The molecular formula is C42H63N5O4Si2. The van der Waals surface area contributed by atoms with E-state index in [0.29, 0.717) is 26.7 Å². The molecular weight excluding hydrogens is 695 g/mol. The van der Waals surface area contributed by atoms with E-state index < -0.39 is 21.7 Å². The summed E-state index contributed by atoms with van der Waals surface area (Å²) in [7, 11) is -2.56. The number of hydrogen-bond donors (Lipinski definition) is 0. The summed E-state index contributed by atoms with van der Waals surface area (Å²) >= 11 is 0. The smallest absolute Gasteiger partial charge is 0.309 e. The highest BCUT2D eigenvalue weighted by Crippen LogP contribution is 2.41. The Morgan fingerprint density at radius 2 is 1.47 bits per heavy atom. The molecule has 3 aromatic heterocycles. The van der Waals surface area contributed by atoms with Crippen LogP contribution in [0.2, 0.25) is 51.4 Å². The maximum absolute atomic E-state index is 13.1. The van der Waals surface area contributed by atoms with Crippen LogP contribution in [0, 0.1) is 5.92 Å². The molecule has 9 nitrogen and oxygen atoms in total. The number of carbonyl (C=O) groups excluding carboxylic acids is 1. The molecule has 11 heteroatoms. The first kappa shape index (κ1) is 40.8. The standard InChI is InChI=1S/C42H63N5O4Si2/c1-11-35-38(32-17-19-33(20-18-32)41(48)51-42(2,3)4)45-39-36(34-21-22-37(43-27-34)31-15-13-12-14-16-31)28-44-47(39)40(35)46(29-49-23-25-52(5,6)7)30-50-24-26-53(8,9)10/h12-16,21-22,27-28,32-33H,11,17-20,23-26,29-30H2,1-10H3. The maximum Gasteiger partial charge on any atom is 0.309 e. The van der Waals surface area contributed by atoms with Crippen LogP contribution in [-0.4, -0.2) is 74.0 Å². The molecule has 0 atom stereocenters. The second-order valence-corrected chi connectivity index (χ2v) is 29.3. The SMILES string of the molecule is CCc1c(C2CCC(C(=O)OC(C)(C)C)CC2)nc2c(-c3ccc(-c4ccccc4)nc3)cnn2c1N(COCC[Si](C)(C)C)COCC[Si](C)(C)C. The van der Waals surface area contributed by atoms with Gasteiger partial charge in [-0.25, -0.2) is 4.98 Å². The zero-order chi connectivity index (χ0) is 38.4. The summed E-state index contributed by atoms with van der Waals surface area (Å²) in [6.07, 6.45) is 7.94. The van der Waals surface area contributed by atoms with Gasteiger partial charge in [0, 0.05) is 63.7 Å². The van der Waals surface area contributed by atoms with E-state index in [1.54, 1.807) is 0 Å².